The van der Waals surface area contributed by atoms with Gasteiger partial charge in [0.05, 0.1) is 22.7 Å². The number of carbonyl (C=O) groups is 1. The summed E-state index contributed by atoms with van der Waals surface area (Å²) < 4.78 is 41.1. The Hall–Kier alpha value is -3.62. The molecule has 5 rings (SSSR count). The number of aliphatic imine (C=N–C) groups is 1. The first-order chi connectivity index (χ1) is 16.7. The molecule has 1 saturated heterocycles. The van der Waals surface area contributed by atoms with Crippen LogP contribution < -0.4 is 4.90 Å². The van der Waals surface area contributed by atoms with E-state index < -0.39 is 11.7 Å². The smallest absolute Gasteiger partial charge is 0.367 e. The van der Waals surface area contributed by atoms with Gasteiger partial charge in [-0.1, -0.05) is 24.3 Å². The van der Waals surface area contributed by atoms with Gasteiger partial charge < -0.3 is 9.80 Å². The predicted molar refractivity (Wildman–Crippen MR) is 128 cm³/mol. The van der Waals surface area contributed by atoms with Crippen LogP contribution >= 0.6 is 0 Å². The van der Waals surface area contributed by atoms with Crippen LogP contribution in [-0.4, -0.2) is 52.5 Å². The second-order valence-electron chi connectivity index (χ2n) is 9.05. The highest BCUT2D eigenvalue weighted by Gasteiger charge is 2.32. The number of halogens is 3. The molecule has 0 unspecified atom stereocenters. The number of hydrogen-bond acceptors (Lipinski definition) is 4. The van der Waals surface area contributed by atoms with Gasteiger partial charge in [0, 0.05) is 49.5 Å². The average Bonchev–Trinajstić information content (AvgIpc) is 3.40. The summed E-state index contributed by atoms with van der Waals surface area (Å²) in [7, 11) is 0. The van der Waals surface area contributed by atoms with Gasteiger partial charge in [0.25, 0.3) is 0 Å². The molecule has 1 amide bonds. The second kappa shape index (κ2) is 8.87. The fraction of sp³-hybridized carbons (Fsp3) is 0.346. The van der Waals surface area contributed by atoms with Gasteiger partial charge in [-0.2, -0.15) is 18.3 Å². The zero-order chi connectivity index (χ0) is 24.7. The number of aromatic nitrogens is 2. The summed E-state index contributed by atoms with van der Waals surface area (Å²) in [5.41, 5.74) is 5.01. The summed E-state index contributed by atoms with van der Waals surface area (Å²) in [4.78, 5) is 21.5. The molecule has 3 aromatic rings. The number of carbonyl (C=O) groups excluding carboxylic acids is 1. The zero-order valence-electron chi connectivity index (χ0n) is 19.6. The highest BCUT2D eigenvalue weighted by atomic mass is 19.4. The monoisotopic (exact) mass is 481 g/mol. The third-order valence-corrected chi connectivity index (χ3v) is 6.60. The molecule has 0 saturated carbocycles. The van der Waals surface area contributed by atoms with E-state index in [1.165, 1.54) is 6.07 Å². The molecule has 0 N–H and O–H groups in total. The molecule has 2 aliphatic rings. The minimum Gasteiger partial charge on any atom is -0.367 e. The van der Waals surface area contributed by atoms with E-state index in [1.807, 2.05) is 49.1 Å². The van der Waals surface area contributed by atoms with Crippen molar-refractivity contribution in [2.45, 2.75) is 33.0 Å². The normalized spacial score (nSPS) is 15.9. The van der Waals surface area contributed by atoms with Gasteiger partial charge in [-0.05, 0) is 43.7 Å². The number of piperazine rings is 1. The van der Waals surface area contributed by atoms with Crippen LogP contribution in [-0.2, 0) is 23.9 Å². The van der Waals surface area contributed by atoms with Crippen molar-refractivity contribution in [3.05, 3.63) is 76.6 Å². The summed E-state index contributed by atoms with van der Waals surface area (Å²) in [6, 6.07) is 13.5. The van der Waals surface area contributed by atoms with Crippen molar-refractivity contribution in [1.82, 2.24) is 14.7 Å². The maximum absolute atomic E-state index is 13.1. The van der Waals surface area contributed by atoms with Gasteiger partial charge in [0.15, 0.2) is 0 Å². The maximum Gasteiger partial charge on any atom is 0.416 e. The van der Waals surface area contributed by atoms with Crippen LogP contribution in [0.15, 0.2) is 53.5 Å². The first-order valence-electron chi connectivity index (χ1n) is 11.6. The molecular weight excluding hydrogens is 455 g/mol. The van der Waals surface area contributed by atoms with E-state index >= 15 is 0 Å². The van der Waals surface area contributed by atoms with Crippen LogP contribution in [0.3, 0.4) is 0 Å². The van der Waals surface area contributed by atoms with Gasteiger partial charge in [-0.3, -0.25) is 14.5 Å². The van der Waals surface area contributed by atoms with Crippen molar-refractivity contribution >= 4 is 23.0 Å². The summed E-state index contributed by atoms with van der Waals surface area (Å²) in [5.74, 6) is 0.0419. The summed E-state index contributed by atoms with van der Waals surface area (Å²) >= 11 is 0. The lowest BCUT2D eigenvalue weighted by Crippen LogP contribution is -2.50. The molecule has 2 aromatic carbocycles. The first-order valence-corrected chi connectivity index (χ1v) is 11.6. The number of aryl methyl sites for hydroxylation is 2. The van der Waals surface area contributed by atoms with Gasteiger partial charge >= 0.3 is 6.18 Å². The lowest BCUT2D eigenvalue weighted by atomic mass is 10.0. The minimum absolute atomic E-state index is 0.0419. The Bertz CT molecular complexity index is 1300. The molecule has 2 aliphatic heterocycles. The van der Waals surface area contributed by atoms with E-state index in [9.17, 15) is 18.0 Å². The molecule has 9 heteroatoms. The Labute approximate surface area is 201 Å². The van der Waals surface area contributed by atoms with Crippen molar-refractivity contribution in [3.8, 4) is 0 Å². The Balaban J connectivity index is 1.30. The van der Waals surface area contributed by atoms with Crippen LogP contribution in [0.1, 0.15) is 28.1 Å². The van der Waals surface area contributed by atoms with Crippen LogP contribution in [0, 0.1) is 13.8 Å². The molecule has 0 bridgehead atoms. The summed E-state index contributed by atoms with van der Waals surface area (Å²) in [5, 5.41) is 4.38. The van der Waals surface area contributed by atoms with Crippen molar-refractivity contribution in [2.24, 2.45) is 4.99 Å². The van der Waals surface area contributed by atoms with Gasteiger partial charge in [-0.15, -0.1) is 0 Å². The lowest BCUT2D eigenvalue weighted by molar-refractivity contribution is -0.137. The fourth-order valence-corrected chi connectivity index (χ4v) is 4.77. The first kappa shape index (κ1) is 23.1. The van der Waals surface area contributed by atoms with E-state index in [0.717, 1.165) is 46.0 Å². The molecule has 182 valence electrons. The number of benzene rings is 2. The predicted octanol–water partition coefficient (Wildman–Crippen LogP) is 4.54. The van der Waals surface area contributed by atoms with E-state index in [1.54, 1.807) is 4.68 Å². The Morgan fingerprint density at radius 3 is 2.43 bits per heavy atom. The molecule has 1 fully saturated rings. The number of fused-ring (bicyclic) bond motifs is 1. The van der Waals surface area contributed by atoms with Crippen LogP contribution in [0.25, 0.3) is 0 Å². The molecule has 1 aromatic heterocycles. The SMILES string of the molecule is Cc1cc(C)n(CC(=O)N2CCN(c3ccccc3C3=Nc4cc(C(F)(F)F)ccc4C3)CC2)n1. The Kier molecular flexibility index (Phi) is 5.86. The third-order valence-electron chi connectivity index (χ3n) is 6.60. The number of amides is 1. The topological polar surface area (TPSA) is 53.7 Å². The van der Waals surface area contributed by atoms with Crippen molar-refractivity contribution < 1.29 is 18.0 Å². The van der Waals surface area contributed by atoms with E-state index in [-0.39, 0.29) is 12.5 Å². The number of rotatable bonds is 4. The molecule has 0 aliphatic carbocycles. The van der Waals surface area contributed by atoms with E-state index in [4.69, 9.17) is 0 Å². The quantitative estimate of drug-likeness (QED) is 0.550. The van der Waals surface area contributed by atoms with Gasteiger partial charge in [0.1, 0.15) is 6.54 Å². The molecule has 0 atom stereocenters. The van der Waals surface area contributed by atoms with Gasteiger partial charge in [0.2, 0.25) is 5.91 Å². The third kappa shape index (κ3) is 4.67. The van der Waals surface area contributed by atoms with Crippen LogP contribution in [0.4, 0.5) is 24.5 Å². The zero-order valence-corrected chi connectivity index (χ0v) is 19.6. The Morgan fingerprint density at radius 1 is 1.00 bits per heavy atom. The van der Waals surface area contributed by atoms with Crippen molar-refractivity contribution in [2.75, 3.05) is 31.1 Å². The standard InChI is InChI=1S/C26H26F3N5O/c1-17-13-18(2)34(31-17)16-25(35)33-11-9-32(10-12-33)24-6-4-3-5-21(24)23-14-19-7-8-20(26(27,28)29)15-22(19)30-23/h3-8,13,15H,9-12,14,16H2,1-2H3. The molecule has 6 nitrogen and oxygen atoms in total. The largest absolute Gasteiger partial charge is 0.416 e. The molecular formula is C26H26F3N5O. The number of nitrogens with zero attached hydrogens (tertiary/aromatic N) is 5. The summed E-state index contributed by atoms with van der Waals surface area (Å²) in [6.45, 7) is 6.59. The average molecular weight is 482 g/mol. The van der Waals surface area contributed by atoms with Crippen LogP contribution in [0.2, 0.25) is 0 Å². The fourth-order valence-electron chi connectivity index (χ4n) is 4.77. The number of para-hydroxylation sites is 1. The minimum atomic E-state index is -4.39. The Morgan fingerprint density at radius 2 is 1.74 bits per heavy atom. The molecule has 0 spiro atoms. The molecule has 0 radical (unpaired) electrons. The summed E-state index contributed by atoms with van der Waals surface area (Å²) in [6.07, 6.45) is -3.90. The highest BCUT2D eigenvalue weighted by molar-refractivity contribution is 6.10. The molecule has 35 heavy (non-hydrogen) atoms. The maximum atomic E-state index is 13.1. The molecule has 3 heterocycles. The second-order valence-corrected chi connectivity index (χ2v) is 9.05. The number of hydrogen-bond donors (Lipinski definition) is 0. The number of anilines is 1. The van der Waals surface area contributed by atoms with Crippen LogP contribution in [0.5, 0.6) is 0 Å². The van der Waals surface area contributed by atoms with Gasteiger partial charge in [-0.25, -0.2) is 0 Å². The van der Waals surface area contributed by atoms with Crippen molar-refractivity contribution in [3.63, 3.8) is 0 Å². The van der Waals surface area contributed by atoms with Crippen molar-refractivity contribution in [1.29, 1.82) is 0 Å². The number of alkyl halides is 3. The van der Waals surface area contributed by atoms with E-state index in [2.05, 4.69) is 15.0 Å². The lowest BCUT2D eigenvalue weighted by Gasteiger charge is -2.37. The van der Waals surface area contributed by atoms with E-state index in [0.29, 0.717) is 38.3 Å². The highest BCUT2D eigenvalue weighted by Crippen LogP contribution is 2.37.